The molecule has 1 spiro atoms. The minimum absolute atomic E-state index is 0.0357. The van der Waals surface area contributed by atoms with Gasteiger partial charge >= 0.3 is 0 Å². The number of nitrogens with one attached hydrogen (secondary N) is 1. The van der Waals surface area contributed by atoms with Crippen LogP contribution in [0.25, 0.3) is 22.3 Å². The van der Waals surface area contributed by atoms with E-state index in [1.165, 1.54) is 27.8 Å². The molecule has 43 heavy (non-hydrogen) atoms. The Kier molecular flexibility index (Phi) is 5.51. The van der Waals surface area contributed by atoms with Crippen LogP contribution in [0.1, 0.15) is 60.4 Å². The number of benzene rings is 6. The van der Waals surface area contributed by atoms with Gasteiger partial charge in [-0.1, -0.05) is 121 Å². The number of fused-ring (bicyclic) bond motifs is 10. The van der Waals surface area contributed by atoms with E-state index in [0.717, 1.165) is 44.5 Å². The Morgan fingerprint density at radius 2 is 0.930 bits per heavy atom. The third-order valence-electron chi connectivity index (χ3n) is 9.44. The average molecular weight is 552 g/mol. The van der Waals surface area contributed by atoms with Crippen LogP contribution < -0.4 is 0 Å². The summed E-state index contributed by atoms with van der Waals surface area (Å²) in [6.45, 7) is 4.05. The molecule has 8 rings (SSSR count). The molecule has 2 heteroatoms. The molecule has 6 aromatic rings. The molecule has 1 N–H and O–H groups in total. The highest BCUT2D eigenvalue weighted by molar-refractivity contribution is 6.13. The van der Waals surface area contributed by atoms with E-state index >= 15 is 0 Å². The summed E-state index contributed by atoms with van der Waals surface area (Å²) in [6, 6.07) is 46.0. The molecule has 0 saturated heterocycles. The fraction of sp³-hybridized carbons (Fsp3) is 0.0732. The van der Waals surface area contributed by atoms with Gasteiger partial charge in [0.05, 0.1) is 11.1 Å². The van der Waals surface area contributed by atoms with Gasteiger partial charge in [0.15, 0.2) is 5.78 Å². The van der Waals surface area contributed by atoms with Crippen LogP contribution in [-0.2, 0) is 5.41 Å². The van der Waals surface area contributed by atoms with Crippen molar-refractivity contribution < 1.29 is 4.79 Å². The minimum atomic E-state index is -0.595. The predicted octanol–water partition coefficient (Wildman–Crippen LogP) is 9.29. The molecule has 0 aliphatic heterocycles. The summed E-state index contributed by atoms with van der Waals surface area (Å²) in [4.78, 5) is 13.9. The summed E-state index contributed by atoms with van der Waals surface area (Å²) < 4.78 is 0. The summed E-state index contributed by atoms with van der Waals surface area (Å²) in [5.41, 5.74) is 14.7. The number of hydrogen-bond acceptors (Lipinski definition) is 2. The van der Waals surface area contributed by atoms with E-state index in [1.807, 2.05) is 55.5 Å². The fourth-order valence-corrected chi connectivity index (χ4v) is 7.43. The number of carbonyl (C=O) groups is 1. The molecule has 204 valence electrons. The summed E-state index contributed by atoms with van der Waals surface area (Å²) >= 11 is 0. The first-order chi connectivity index (χ1) is 21.0. The molecule has 0 bridgehead atoms. The van der Waals surface area contributed by atoms with E-state index in [9.17, 15) is 10.2 Å². The van der Waals surface area contributed by atoms with E-state index in [2.05, 4.69) is 91.9 Å². The summed E-state index contributed by atoms with van der Waals surface area (Å²) in [7, 11) is 0. The third kappa shape index (κ3) is 3.47. The maximum atomic E-state index is 13.9. The van der Waals surface area contributed by atoms with E-state index in [-0.39, 0.29) is 5.78 Å². The lowest BCUT2D eigenvalue weighted by Gasteiger charge is -2.31. The van der Waals surface area contributed by atoms with Crippen molar-refractivity contribution in [3.63, 3.8) is 0 Å². The molecule has 0 heterocycles. The van der Waals surface area contributed by atoms with Crippen molar-refractivity contribution in [1.82, 2.24) is 0 Å². The van der Waals surface area contributed by atoms with Gasteiger partial charge in [-0.2, -0.15) is 0 Å². The lowest BCUT2D eigenvalue weighted by atomic mass is 9.70. The third-order valence-corrected chi connectivity index (χ3v) is 9.44. The second-order valence-electron chi connectivity index (χ2n) is 11.7. The van der Waals surface area contributed by atoms with Crippen molar-refractivity contribution in [3.05, 3.63) is 189 Å². The summed E-state index contributed by atoms with van der Waals surface area (Å²) in [5, 5.41) is 9.25. The highest BCUT2D eigenvalue weighted by Crippen LogP contribution is 2.63. The maximum absolute atomic E-state index is 13.9. The monoisotopic (exact) mass is 551 g/mol. The first-order valence-electron chi connectivity index (χ1n) is 14.7. The smallest absolute Gasteiger partial charge is 0.193 e. The van der Waals surface area contributed by atoms with Crippen molar-refractivity contribution in [2.24, 2.45) is 0 Å². The van der Waals surface area contributed by atoms with Gasteiger partial charge in [0.1, 0.15) is 0 Å². The molecule has 1 atom stereocenters. The van der Waals surface area contributed by atoms with Crippen LogP contribution in [-0.4, -0.2) is 11.5 Å². The molecule has 0 aromatic heterocycles. The highest BCUT2D eigenvalue weighted by Gasteiger charge is 2.51. The molecule has 2 nitrogen and oxygen atoms in total. The Bertz CT molecular complexity index is 2000. The first kappa shape index (κ1) is 25.4. The van der Waals surface area contributed by atoms with Crippen molar-refractivity contribution in [3.8, 4) is 22.3 Å². The SMILES string of the molecule is Cc1ccccc1C(=N)c1ccc2c(c1)C1(c3ccccc3-2)c2ccccc2-c2ccc(C(=O)c3ccccc3C)cc21. The first-order valence-corrected chi connectivity index (χ1v) is 14.7. The van der Waals surface area contributed by atoms with Crippen LogP contribution in [0, 0.1) is 19.3 Å². The zero-order chi connectivity index (χ0) is 29.3. The topological polar surface area (TPSA) is 40.9 Å². The van der Waals surface area contributed by atoms with Gasteiger partial charge in [-0.05, 0) is 81.6 Å². The summed E-state index contributed by atoms with van der Waals surface area (Å²) in [6.07, 6.45) is 0. The number of hydrogen-bond donors (Lipinski definition) is 1. The number of rotatable bonds is 4. The van der Waals surface area contributed by atoms with Crippen LogP contribution in [0.3, 0.4) is 0 Å². The van der Waals surface area contributed by atoms with E-state index in [4.69, 9.17) is 0 Å². The number of ketones is 1. The normalized spacial score (nSPS) is 15.5. The second-order valence-corrected chi connectivity index (χ2v) is 11.7. The minimum Gasteiger partial charge on any atom is -0.300 e. The van der Waals surface area contributed by atoms with E-state index in [1.54, 1.807) is 0 Å². The molecular formula is C41H29NO. The van der Waals surface area contributed by atoms with Gasteiger partial charge in [-0.25, -0.2) is 0 Å². The Labute approximate surface area is 251 Å². The van der Waals surface area contributed by atoms with Gasteiger partial charge in [-0.3, -0.25) is 10.2 Å². The molecule has 1 unspecified atom stereocenters. The van der Waals surface area contributed by atoms with Crippen molar-refractivity contribution in [1.29, 1.82) is 5.41 Å². The van der Waals surface area contributed by atoms with Crippen molar-refractivity contribution >= 4 is 11.5 Å². The Morgan fingerprint density at radius 3 is 1.51 bits per heavy atom. The molecule has 0 saturated carbocycles. The van der Waals surface area contributed by atoms with Gasteiger partial charge in [0.25, 0.3) is 0 Å². The quantitative estimate of drug-likeness (QED) is 0.172. The number of aryl methyl sites for hydroxylation is 2. The Balaban J connectivity index is 1.42. The molecule has 0 fully saturated rings. The Morgan fingerprint density at radius 1 is 0.488 bits per heavy atom. The fourth-order valence-electron chi connectivity index (χ4n) is 7.43. The van der Waals surface area contributed by atoms with Crippen LogP contribution >= 0.6 is 0 Å². The van der Waals surface area contributed by atoms with Crippen LogP contribution in [0.2, 0.25) is 0 Å². The van der Waals surface area contributed by atoms with Gasteiger partial charge in [0, 0.05) is 22.3 Å². The molecule has 2 aliphatic carbocycles. The second kappa shape index (κ2) is 9.34. The standard InChI is InChI=1S/C41H29NO/c1-25-11-3-5-13-29(25)39(42)27-19-21-33-31-15-7-9-17-35(31)41(37(33)23-27)36-18-10-8-16-32(36)34-22-20-28(24-38(34)41)40(43)30-14-6-4-12-26(30)2/h3-24,42H,1-2H3. The van der Waals surface area contributed by atoms with E-state index in [0.29, 0.717) is 11.3 Å². The van der Waals surface area contributed by atoms with Gasteiger partial charge in [0.2, 0.25) is 0 Å². The molecular weight excluding hydrogens is 522 g/mol. The number of carbonyl (C=O) groups excluding carboxylic acids is 1. The van der Waals surface area contributed by atoms with Crippen molar-refractivity contribution in [2.75, 3.05) is 0 Å². The largest absolute Gasteiger partial charge is 0.300 e. The lowest BCUT2D eigenvalue weighted by Crippen LogP contribution is -2.26. The lowest BCUT2D eigenvalue weighted by molar-refractivity contribution is 0.103. The van der Waals surface area contributed by atoms with Crippen LogP contribution in [0.5, 0.6) is 0 Å². The predicted molar refractivity (Wildman–Crippen MR) is 174 cm³/mol. The van der Waals surface area contributed by atoms with Gasteiger partial charge in [-0.15, -0.1) is 0 Å². The molecule has 6 aromatic carbocycles. The van der Waals surface area contributed by atoms with Crippen molar-refractivity contribution in [2.45, 2.75) is 19.3 Å². The average Bonchev–Trinajstić information content (AvgIpc) is 3.51. The zero-order valence-corrected chi connectivity index (χ0v) is 24.1. The van der Waals surface area contributed by atoms with Crippen LogP contribution in [0.4, 0.5) is 0 Å². The van der Waals surface area contributed by atoms with Gasteiger partial charge < -0.3 is 0 Å². The van der Waals surface area contributed by atoms with E-state index < -0.39 is 5.41 Å². The zero-order valence-electron chi connectivity index (χ0n) is 24.1. The maximum Gasteiger partial charge on any atom is 0.193 e. The molecule has 2 aliphatic rings. The van der Waals surface area contributed by atoms with Crippen LogP contribution in [0.15, 0.2) is 133 Å². The Hall–Kier alpha value is -5.34. The summed E-state index contributed by atoms with van der Waals surface area (Å²) in [5.74, 6) is 0.0357. The highest BCUT2D eigenvalue weighted by atomic mass is 16.1. The molecule has 0 amide bonds. The molecule has 0 radical (unpaired) electrons.